The zero-order chi connectivity index (χ0) is 21.8. The van der Waals surface area contributed by atoms with E-state index < -0.39 is 6.10 Å². The SMILES string of the molecule is COc1ccc(CN2C(=O)[C@H](OC)[C@@H]2C2=CCN(C(=O)CCC3CCCC3)CC2)cc1. The van der Waals surface area contributed by atoms with E-state index in [-0.39, 0.29) is 17.9 Å². The van der Waals surface area contributed by atoms with Crippen molar-refractivity contribution in [2.45, 2.75) is 63.6 Å². The Morgan fingerprint density at radius 1 is 1.13 bits per heavy atom. The molecule has 2 heterocycles. The minimum Gasteiger partial charge on any atom is -0.497 e. The topological polar surface area (TPSA) is 59.1 Å². The zero-order valence-corrected chi connectivity index (χ0v) is 18.7. The van der Waals surface area contributed by atoms with E-state index in [0.29, 0.717) is 19.5 Å². The Kier molecular flexibility index (Phi) is 6.96. The minimum absolute atomic E-state index is 0.0271. The van der Waals surface area contributed by atoms with E-state index in [0.717, 1.165) is 36.6 Å². The lowest BCUT2D eigenvalue weighted by atomic mass is 9.86. The summed E-state index contributed by atoms with van der Waals surface area (Å²) in [5, 5.41) is 0. The lowest BCUT2D eigenvalue weighted by Crippen LogP contribution is -2.66. The maximum Gasteiger partial charge on any atom is 0.255 e. The van der Waals surface area contributed by atoms with Gasteiger partial charge in [-0.3, -0.25) is 9.59 Å². The summed E-state index contributed by atoms with van der Waals surface area (Å²) in [4.78, 5) is 29.1. The van der Waals surface area contributed by atoms with Crippen LogP contribution in [0.3, 0.4) is 0 Å². The lowest BCUT2D eigenvalue weighted by Gasteiger charge is -2.48. The molecule has 2 amide bonds. The molecule has 1 saturated carbocycles. The molecule has 3 aliphatic rings. The van der Waals surface area contributed by atoms with Crippen LogP contribution in [0, 0.1) is 5.92 Å². The number of nitrogens with zero attached hydrogens (tertiary/aromatic N) is 2. The maximum absolute atomic E-state index is 12.6. The predicted molar refractivity (Wildman–Crippen MR) is 119 cm³/mol. The summed E-state index contributed by atoms with van der Waals surface area (Å²) < 4.78 is 10.7. The fourth-order valence-electron chi connectivity index (χ4n) is 5.21. The zero-order valence-electron chi connectivity index (χ0n) is 18.7. The number of β-lactam (4-membered cyclic amide) rings is 1. The van der Waals surface area contributed by atoms with Crippen molar-refractivity contribution in [3.63, 3.8) is 0 Å². The van der Waals surface area contributed by atoms with E-state index in [4.69, 9.17) is 9.47 Å². The molecule has 31 heavy (non-hydrogen) atoms. The first-order chi connectivity index (χ1) is 15.1. The molecule has 4 rings (SSSR count). The van der Waals surface area contributed by atoms with Gasteiger partial charge in [0.15, 0.2) is 6.10 Å². The number of carbonyl (C=O) groups is 2. The van der Waals surface area contributed by atoms with Gasteiger partial charge in [0.2, 0.25) is 5.91 Å². The minimum atomic E-state index is -0.422. The summed E-state index contributed by atoms with van der Waals surface area (Å²) in [7, 11) is 3.24. The first-order valence-corrected chi connectivity index (χ1v) is 11.5. The average molecular weight is 427 g/mol. The van der Waals surface area contributed by atoms with Crippen molar-refractivity contribution in [2.75, 3.05) is 27.3 Å². The predicted octanol–water partition coefficient (Wildman–Crippen LogP) is 3.55. The average Bonchev–Trinajstić information content (AvgIpc) is 3.33. The number of ether oxygens (including phenoxy) is 2. The molecule has 1 aromatic carbocycles. The van der Waals surface area contributed by atoms with Gasteiger partial charge in [-0.15, -0.1) is 0 Å². The molecule has 2 fully saturated rings. The van der Waals surface area contributed by atoms with Crippen LogP contribution >= 0.6 is 0 Å². The van der Waals surface area contributed by atoms with Crippen molar-refractivity contribution in [2.24, 2.45) is 5.92 Å². The number of benzene rings is 1. The van der Waals surface area contributed by atoms with Crippen LogP contribution in [0.4, 0.5) is 0 Å². The van der Waals surface area contributed by atoms with Gasteiger partial charge in [0.1, 0.15) is 5.75 Å². The van der Waals surface area contributed by atoms with Crippen LogP contribution in [0.25, 0.3) is 0 Å². The van der Waals surface area contributed by atoms with Crippen LogP contribution in [0.1, 0.15) is 50.5 Å². The third kappa shape index (κ3) is 4.79. The Morgan fingerprint density at radius 2 is 1.87 bits per heavy atom. The highest BCUT2D eigenvalue weighted by Gasteiger charge is 2.49. The Bertz CT molecular complexity index is 813. The number of likely N-dealkylation sites (tertiary alicyclic amines) is 1. The molecular weight excluding hydrogens is 392 g/mol. The number of hydrogen-bond donors (Lipinski definition) is 0. The molecule has 6 heteroatoms. The standard InChI is InChI=1S/C25H34N2O4/c1-30-21-10-7-19(8-11-21)17-27-23(24(31-2)25(27)29)20-13-15-26(16-14-20)22(28)12-9-18-5-3-4-6-18/h7-8,10-11,13,18,23-24H,3-6,9,12,14-17H2,1-2H3/t23-,24+/m0/s1. The number of amides is 2. The number of hydrogen-bond acceptors (Lipinski definition) is 4. The smallest absolute Gasteiger partial charge is 0.255 e. The quantitative estimate of drug-likeness (QED) is 0.471. The molecular formula is C25H34N2O4. The summed E-state index contributed by atoms with van der Waals surface area (Å²) in [6.07, 6.45) is 9.43. The van der Waals surface area contributed by atoms with E-state index in [1.807, 2.05) is 34.1 Å². The van der Waals surface area contributed by atoms with Crippen LogP contribution in [0.2, 0.25) is 0 Å². The fraction of sp³-hybridized carbons (Fsp3) is 0.600. The number of carbonyl (C=O) groups excluding carboxylic acids is 2. The highest BCUT2D eigenvalue weighted by molar-refractivity contribution is 5.89. The third-order valence-corrected chi connectivity index (χ3v) is 7.13. The molecule has 0 aromatic heterocycles. The van der Waals surface area contributed by atoms with Crippen LogP contribution in [-0.2, 0) is 20.9 Å². The summed E-state index contributed by atoms with van der Waals surface area (Å²) in [5.74, 6) is 1.84. The van der Waals surface area contributed by atoms with Gasteiger partial charge in [0.25, 0.3) is 5.91 Å². The lowest BCUT2D eigenvalue weighted by molar-refractivity contribution is -0.168. The largest absolute Gasteiger partial charge is 0.497 e. The summed E-state index contributed by atoms with van der Waals surface area (Å²) in [5.41, 5.74) is 2.27. The fourth-order valence-corrected chi connectivity index (χ4v) is 5.21. The van der Waals surface area contributed by atoms with E-state index >= 15 is 0 Å². The molecule has 1 aromatic rings. The van der Waals surface area contributed by atoms with Crippen LogP contribution in [0.15, 0.2) is 35.9 Å². The van der Waals surface area contributed by atoms with Crippen molar-refractivity contribution in [1.29, 1.82) is 0 Å². The molecule has 0 unspecified atom stereocenters. The van der Waals surface area contributed by atoms with Gasteiger partial charge in [0.05, 0.1) is 13.2 Å². The van der Waals surface area contributed by atoms with E-state index in [1.54, 1.807) is 14.2 Å². The van der Waals surface area contributed by atoms with Crippen molar-refractivity contribution in [1.82, 2.24) is 9.80 Å². The van der Waals surface area contributed by atoms with Gasteiger partial charge in [-0.2, -0.15) is 0 Å². The summed E-state index contributed by atoms with van der Waals surface area (Å²) in [6.45, 7) is 1.91. The third-order valence-electron chi connectivity index (χ3n) is 7.13. The van der Waals surface area contributed by atoms with Gasteiger partial charge < -0.3 is 19.3 Å². The van der Waals surface area contributed by atoms with Crippen LogP contribution in [-0.4, -0.2) is 61.1 Å². The van der Waals surface area contributed by atoms with Crippen molar-refractivity contribution >= 4 is 11.8 Å². The first kappa shape index (κ1) is 21.9. The van der Waals surface area contributed by atoms with Gasteiger partial charge in [-0.25, -0.2) is 0 Å². The molecule has 0 radical (unpaired) electrons. The number of rotatable bonds is 8. The Labute approximate surface area is 185 Å². The molecule has 1 saturated heterocycles. The van der Waals surface area contributed by atoms with E-state index in [2.05, 4.69) is 6.08 Å². The van der Waals surface area contributed by atoms with Crippen molar-refractivity contribution in [3.05, 3.63) is 41.5 Å². The molecule has 168 valence electrons. The highest BCUT2D eigenvalue weighted by Crippen LogP contribution is 2.34. The molecule has 6 nitrogen and oxygen atoms in total. The normalized spacial score (nSPS) is 24.2. The molecule has 0 N–H and O–H groups in total. The highest BCUT2D eigenvalue weighted by atomic mass is 16.5. The molecule has 2 aliphatic heterocycles. The van der Waals surface area contributed by atoms with E-state index in [9.17, 15) is 9.59 Å². The molecule has 1 aliphatic carbocycles. The van der Waals surface area contributed by atoms with Crippen molar-refractivity contribution < 1.29 is 19.1 Å². The Hall–Kier alpha value is -2.34. The second kappa shape index (κ2) is 9.86. The summed E-state index contributed by atoms with van der Waals surface area (Å²) in [6, 6.07) is 7.76. The maximum atomic E-state index is 12.6. The van der Waals surface area contributed by atoms with Gasteiger partial charge in [-0.1, -0.05) is 43.9 Å². The second-order valence-electron chi connectivity index (χ2n) is 8.97. The summed E-state index contributed by atoms with van der Waals surface area (Å²) >= 11 is 0. The Balaban J connectivity index is 1.35. The van der Waals surface area contributed by atoms with Crippen molar-refractivity contribution in [3.8, 4) is 5.75 Å². The molecule has 0 spiro atoms. The van der Waals surface area contributed by atoms with E-state index in [1.165, 1.54) is 31.3 Å². The van der Waals surface area contributed by atoms with Crippen LogP contribution < -0.4 is 4.74 Å². The second-order valence-corrected chi connectivity index (χ2v) is 8.97. The van der Waals surface area contributed by atoms with Gasteiger partial charge >= 0.3 is 0 Å². The Morgan fingerprint density at radius 3 is 2.48 bits per heavy atom. The monoisotopic (exact) mass is 426 g/mol. The van der Waals surface area contributed by atoms with Crippen LogP contribution in [0.5, 0.6) is 5.75 Å². The molecule has 0 bridgehead atoms. The first-order valence-electron chi connectivity index (χ1n) is 11.5. The van der Waals surface area contributed by atoms with Gasteiger partial charge in [-0.05, 0) is 42.0 Å². The number of methoxy groups -OCH3 is 2. The molecule has 2 atom stereocenters. The van der Waals surface area contributed by atoms with Gasteiger partial charge in [0, 0.05) is 33.2 Å².